The van der Waals surface area contributed by atoms with Gasteiger partial charge in [0.15, 0.2) is 18.1 Å². The standard InChI is InChI=1S/C48H57ClN8O7S/c1-30-43(52-36(28-58)41(50-30)55-20-17-48(18-21-55)26-32-10-8-9-11-34(32)40(48)53-44(60)63-46(2,3)4)65-37-16-19-57-27-35(51-42(57)39(37)49)31-12-14-33(15-13-31)62-29-38(59)54-22-24-56(25-23-54)45(61)64-47(5,6)7/h8-16,19,27,40,58H,17-18,20-26,28-29H2,1-7H3,(H,53,60)/t40-/m1/s1. The number of nitrogens with one attached hydrogen (secondary N) is 1. The van der Waals surface area contributed by atoms with Crippen molar-refractivity contribution in [2.75, 3.05) is 50.8 Å². The maximum atomic E-state index is 13.1. The molecule has 2 aliphatic heterocycles. The molecule has 3 aromatic heterocycles. The second-order valence-electron chi connectivity index (χ2n) is 19.0. The number of ether oxygens (including phenoxy) is 3. The first-order chi connectivity index (χ1) is 30.9. The zero-order valence-electron chi connectivity index (χ0n) is 38.0. The number of aliphatic hydroxyl groups is 1. The number of fused-ring (bicyclic) bond motifs is 2. The van der Waals surface area contributed by atoms with E-state index in [0.717, 1.165) is 35.3 Å². The number of aromatic nitrogens is 4. The van der Waals surface area contributed by atoms with Gasteiger partial charge in [-0.05, 0) is 109 Å². The van der Waals surface area contributed by atoms with Gasteiger partial charge in [0.05, 0.1) is 29.1 Å². The summed E-state index contributed by atoms with van der Waals surface area (Å²) in [7, 11) is 0. The van der Waals surface area contributed by atoms with Crippen LogP contribution in [0.15, 0.2) is 76.9 Å². The Morgan fingerprint density at radius 1 is 0.877 bits per heavy atom. The van der Waals surface area contributed by atoms with Gasteiger partial charge in [-0.1, -0.05) is 47.6 Å². The summed E-state index contributed by atoms with van der Waals surface area (Å²) in [6, 6.07) is 17.4. The van der Waals surface area contributed by atoms with Crippen LogP contribution >= 0.6 is 23.4 Å². The summed E-state index contributed by atoms with van der Waals surface area (Å²) in [5, 5.41) is 14.9. The normalized spacial score (nSPS) is 17.3. The van der Waals surface area contributed by atoms with Gasteiger partial charge < -0.3 is 43.7 Å². The highest BCUT2D eigenvalue weighted by Crippen LogP contribution is 2.52. The Bertz CT molecular complexity index is 2580. The third-order valence-electron chi connectivity index (χ3n) is 12.0. The minimum atomic E-state index is -0.605. The fourth-order valence-electron chi connectivity index (χ4n) is 8.80. The third kappa shape index (κ3) is 10.3. The van der Waals surface area contributed by atoms with Crippen LogP contribution in [0.2, 0.25) is 5.02 Å². The second kappa shape index (κ2) is 18.4. The minimum Gasteiger partial charge on any atom is -0.484 e. The first-order valence-corrected chi connectivity index (χ1v) is 23.2. The molecule has 0 saturated carbocycles. The third-order valence-corrected chi connectivity index (χ3v) is 13.6. The van der Waals surface area contributed by atoms with Crippen molar-refractivity contribution in [3.05, 3.63) is 94.5 Å². The molecule has 1 aliphatic carbocycles. The van der Waals surface area contributed by atoms with Gasteiger partial charge in [-0.15, -0.1) is 0 Å². The molecule has 8 rings (SSSR count). The van der Waals surface area contributed by atoms with Gasteiger partial charge in [0.25, 0.3) is 5.91 Å². The number of nitrogens with zero attached hydrogens (tertiary/aromatic N) is 7. The molecule has 1 atom stereocenters. The van der Waals surface area contributed by atoms with Crippen LogP contribution in [0.25, 0.3) is 16.9 Å². The molecule has 2 aromatic carbocycles. The van der Waals surface area contributed by atoms with Gasteiger partial charge in [-0.2, -0.15) is 0 Å². The number of aryl methyl sites for hydroxylation is 1. The number of imidazole rings is 1. The van der Waals surface area contributed by atoms with Crippen molar-refractivity contribution in [3.8, 4) is 17.0 Å². The number of pyridine rings is 1. The minimum absolute atomic E-state index is 0.117. The molecular weight excluding hydrogens is 868 g/mol. The van der Waals surface area contributed by atoms with E-state index in [1.807, 2.05) is 95.6 Å². The van der Waals surface area contributed by atoms with Gasteiger partial charge in [0, 0.05) is 67.5 Å². The van der Waals surface area contributed by atoms with E-state index >= 15 is 0 Å². The number of alkyl carbamates (subject to hydrolysis) is 1. The zero-order chi connectivity index (χ0) is 46.3. The highest BCUT2D eigenvalue weighted by Gasteiger charge is 2.49. The summed E-state index contributed by atoms with van der Waals surface area (Å²) in [6.45, 7) is 15.6. The molecule has 0 bridgehead atoms. The molecule has 15 nitrogen and oxygen atoms in total. The van der Waals surface area contributed by atoms with E-state index in [9.17, 15) is 19.5 Å². The monoisotopic (exact) mass is 924 g/mol. The van der Waals surface area contributed by atoms with Crippen LogP contribution in [0.3, 0.4) is 0 Å². The van der Waals surface area contributed by atoms with Gasteiger partial charge in [-0.3, -0.25) is 4.79 Å². The largest absolute Gasteiger partial charge is 0.484 e. The van der Waals surface area contributed by atoms with Crippen LogP contribution in [0.5, 0.6) is 5.75 Å². The number of piperazine rings is 1. The molecule has 3 aliphatic rings. The number of anilines is 1. The Morgan fingerprint density at radius 3 is 2.23 bits per heavy atom. The number of benzene rings is 2. The Morgan fingerprint density at radius 2 is 1.55 bits per heavy atom. The quantitative estimate of drug-likeness (QED) is 0.146. The van der Waals surface area contributed by atoms with E-state index in [4.69, 9.17) is 40.8 Å². The topological polar surface area (TPSA) is 164 Å². The summed E-state index contributed by atoms with van der Waals surface area (Å²) in [4.78, 5) is 59.4. The van der Waals surface area contributed by atoms with Crippen LogP contribution in [0.4, 0.5) is 15.4 Å². The molecule has 2 fully saturated rings. The first-order valence-electron chi connectivity index (χ1n) is 22.0. The molecule has 5 heterocycles. The highest BCUT2D eigenvalue weighted by molar-refractivity contribution is 7.99. The maximum Gasteiger partial charge on any atom is 0.410 e. The molecule has 0 unspecified atom stereocenters. The summed E-state index contributed by atoms with van der Waals surface area (Å²) in [5.74, 6) is 1.06. The van der Waals surface area contributed by atoms with E-state index in [2.05, 4.69) is 22.3 Å². The maximum absolute atomic E-state index is 13.1. The van der Waals surface area contributed by atoms with Crippen molar-refractivity contribution >= 4 is 52.9 Å². The fraction of sp³-hybridized carbons (Fsp3) is 0.458. The summed E-state index contributed by atoms with van der Waals surface area (Å²) < 4.78 is 18.8. The number of carbonyl (C=O) groups excluding carboxylic acids is 3. The van der Waals surface area contributed by atoms with Crippen molar-refractivity contribution in [1.82, 2.24) is 34.5 Å². The number of carbonyl (C=O) groups is 3. The lowest BCUT2D eigenvalue weighted by atomic mass is 9.72. The molecule has 2 N–H and O–H groups in total. The van der Waals surface area contributed by atoms with Gasteiger partial charge in [-0.25, -0.2) is 24.5 Å². The first kappa shape index (κ1) is 46.0. The number of hydrogen-bond acceptors (Lipinski definition) is 12. The molecule has 5 aromatic rings. The molecule has 17 heteroatoms. The van der Waals surface area contributed by atoms with E-state index in [0.29, 0.717) is 83.6 Å². The number of hydrogen-bond donors (Lipinski definition) is 2. The van der Waals surface area contributed by atoms with E-state index in [-0.39, 0.29) is 36.7 Å². The Balaban J connectivity index is 0.894. The summed E-state index contributed by atoms with van der Waals surface area (Å²) in [6.07, 6.45) is 5.49. The van der Waals surface area contributed by atoms with Crippen LogP contribution in [-0.2, 0) is 27.3 Å². The predicted molar refractivity (Wildman–Crippen MR) is 248 cm³/mol. The van der Waals surface area contributed by atoms with Crippen LogP contribution in [0, 0.1) is 12.3 Å². The lowest BCUT2D eigenvalue weighted by Crippen LogP contribution is -2.52. The van der Waals surface area contributed by atoms with E-state index < -0.39 is 17.3 Å². The molecule has 3 amide bonds. The number of rotatable bonds is 9. The van der Waals surface area contributed by atoms with Crippen LogP contribution in [0.1, 0.15) is 82.9 Å². The predicted octanol–water partition coefficient (Wildman–Crippen LogP) is 8.26. The van der Waals surface area contributed by atoms with Crippen molar-refractivity contribution in [1.29, 1.82) is 0 Å². The lowest BCUT2D eigenvalue weighted by molar-refractivity contribution is -0.135. The molecule has 1 spiro atoms. The Labute approximate surface area is 388 Å². The number of aliphatic hydroxyl groups excluding tert-OH is 1. The second-order valence-corrected chi connectivity index (χ2v) is 20.4. The van der Waals surface area contributed by atoms with Crippen molar-refractivity contribution in [2.45, 2.75) is 102 Å². The van der Waals surface area contributed by atoms with E-state index in [1.165, 1.54) is 17.3 Å². The molecule has 0 radical (unpaired) electrons. The molecule has 344 valence electrons. The van der Waals surface area contributed by atoms with E-state index in [1.54, 1.807) is 21.9 Å². The van der Waals surface area contributed by atoms with Gasteiger partial charge >= 0.3 is 12.2 Å². The smallest absolute Gasteiger partial charge is 0.410 e. The summed E-state index contributed by atoms with van der Waals surface area (Å²) >= 11 is 8.40. The SMILES string of the molecule is Cc1nc(N2CCC3(CC2)Cc2ccccc2[C@H]3NC(=O)OC(C)(C)C)c(CO)nc1Sc1ccn2cc(-c3ccc(OCC(=O)N4CCN(C(=O)OC(C)(C)C)CC4)cc3)nc2c1Cl. The van der Waals surface area contributed by atoms with Gasteiger partial charge in [0.2, 0.25) is 0 Å². The fourth-order valence-corrected chi connectivity index (χ4v) is 9.99. The van der Waals surface area contributed by atoms with Crippen molar-refractivity contribution in [2.24, 2.45) is 5.41 Å². The number of amides is 3. The van der Waals surface area contributed by atoms with Crippen molar-refractivity contribution < 1.29 is 33.7 Å². The number of halogens is 1. The van der Waals surface area contributed by atoms with Crippen LogP contribution < -0.4 is 15.0 Å². The Hall–Kier alpha value is -5.58. The van der Waals surface area contributed by atoms with Crippen LogP contribution in [-0.4, -0.2) is 109 Å². The molecule has 65 heavy (non-hydrogen) atoms. The van der Waals surface area contributed by atoms with Gasteiger partial charge in [0.1, 0.15) is 27.7 Å². The number of piperidine rings is 1. The molecule has 2 saturated heterocycles. The highest BCUT2D eigenvalue weighted by atomic mass is 35.5. The molecular formula is C48H57ClN8O7S. The van der Waals surface area contributed by atoms with Crippen molar-refractivity contribution in [3.63, 3.8) is 0 Å². The summed E-state index contributed by atoms with van der Waals surface area (Å²) in [5.41, 5.74) is 4.35. The Kier molecular flexibility index (Phi) is 13.0. The average Bonchev–Trinajstić information content (AvgIpc) is 3.83. The average molecular weight is 926 g/mol. The zero-order valence-corrected chi connectivity index (χ0v) is 39.6. The lowest BCUT2D eigenvalue weighted by Gasteiger charge is -2.44.